The van der Waals surface area contributed by atoms with Crippen molar-refractivity contribution in [2.45, 2.75) is 19.2 Å². The van der Waals surface area contributed by atoms with Gasteiger partial charge in [-0.2, -0.15) is 0 Å². The SMILES string of the molecule is O=C(O)C1CN(C(=O)N2CCn3cnnc3C2)CCO1. The van der Waals surface area contributed by atoms with Crippen LogP contribution in [0.3, 0.4) is 0 Å². The van der Waals surface area contributed by atoms with Crippen LogP contribution in [-0.4, -0.2) is 74.0 Å². The Labute approximate surface area is 114 Å². The van der Waals surface area contributed by atoms with Gasteiger partial charge in [0.2, 0.25) is 0 Å². The van der Waals surface area contributed by atoms with E-state index in [0.717, 1.165) is 5.82 Å². The Morgan fingerprint density at radius 2 is 2.15 bits per heavy atom. The average Bonchev–Trinajstić information content (AvgIpc) is 2.94. The van der Waals surface area contributed by atoms with Gasteiger partial charge in [0.25, 0.3) is 0 Å². The van der Waals surface area contributed by atoms with Crippen LogP contribution in [-0.2, 0) is 22.6 Å². The third-order valence-electron chi connectivity index (χ3n) is 3.52. The predicted octanol–water partition coefficient (Wildman–Crippen LogP) is -1.00. The molecule has 3 heterocycles. The molecule has 0 saturated carbocycles. The van der Waals surface area contributed by atoms with Gasteiger partial charge in [0.05, 0.1) is 19.7 Å². The number of carboxylic acids is 1. The van der Waals surface area contributed by atoms with E-state index in [2.05, 4.69) is 10.2 Å². The maximum absolute atomic E-state index is 12.4. The molecule has 1 aromatic rings. The van der Waals surface area contributed by atoms with Gasteiger partial charge in [-0.15, -0.1) is 10.2 Å². The highest BCUT2D eigenvalue weighted by molar-refractivity contribution is 5.77. The standard InChI is InChI=1S/C11H15N5O4/c17-10(18)8-5-15(3-4-20-8)11(19)14-1-2-16-7-12-13-9(16)6-14/h7-8H,1-6H2,(H,17,18). The molecule has 2 aliphatic rings. The molecule has 0 radical (unpaired) electrons. The number of hydrogen-bond acceptors (Lipinski definition) is 5. The van der Waals surface area contributed by atoms with Gasteiger partial charge in [0.15, 0.2) is 11.9 Å². The van der Waals surface area contributed by atoms with Crippen LogP contribution >= 0.6 is 0 Å². The first-order valence-electron chi connectivity index (χ1n) is 6.40. The van der Waals surface area contributed by atoms with E-state index in [4.69, 9.17) is 9.84 Å². The number of aliphatic carboxylic acids is 1. The second-order valence-corrected chi connectivity index (χ2v) is 4.79. The summed E-state index contributed by atoms with van der Waals surface area (Å²) in [5, 5.41) is 16.7. The van der Waals surface area contributed by atoms with Gasteiger partial charge >= 0.3 is 12.0 Å². The lowest BCUT2D eigenvalue weighted by atomic mass is 10.2. The Bertz CT molecular complexity index is 531. The smallest absolute Gasteiger partial charge is 0.334 e. The van der Waals surface area contributed by atoms with Crippen molar-refractivity contribution >= 4 is 12.0 Å². The Morgan fingerprint density at radius 3 is 2.95 bits per heavy atom. The first-order chi connectivity index (χ1) is 9.65. The molecule has 9 nitrogen and oxygen atoms in total. The van der Waals surface area contributed by atoms with Crippen LogP contribution in [0.15, 0.2) is 6.33 Å². The third-order valence-corrected chi connectivity index (χ3v) is 3.52. The number of aromatic nitrogens is 3. The molecule has 2 aliphatic heterocycles. The summed E-state index contributed by atoms with van der Waals surface area (Å²) in [5.74, 6) is -0.298. The largest absolute Gasteiger partial charge is 0.479 e. The number of rotatable bonds is 1. The zero-order valence-electron chi connectivity index (χ0n) is 10.8. The molecule has 0 aliphatic carbocycles. The molecule has 2 amide bonds. The van der Waals surface area contributed by atoms with Crippen molar-refractivity contribution in [2.75, 3.05) is 26.2 Å². The number of nitrogens with zero attached hydrogens (tertiary/aromatic N) is 5. The minimum atomic E-state index is -1.04. The molecule has 108 valence electrons. The Hall–Kier alpha value is -2.16. The number of carbonyl (C=O) groups excluding carboxylic acids is 1. The molecule has 1 saturated heterocycles. The topological polar surface area (TPSA) is 101 Å². The molecule has 1 fully saturated rings. The van der Waals surface area contributed by atoms with Gasteiger partial charge in [-0.1, -0.05) is 0 Å². The summed E-state index contributed by atoms with van der Waals surface area (Å²) in [4.78, 5) is 26.5. The predicted molar refractivity (Wildman–Crippen MR) is 64.8 cm³/mol. The maximum atomic E-state index is 12.4. The summed E-state index contributed by atoms with van der Waals surface area (Å²) in [6, 6.07) is -0.172. The van der Waals surface area contributed by atoms with E-state index in [0.29, 0.717) is 26.2 Å². The molecule has 9 heteroatoms. The van der Waals surface area contributed by atoms with Crippen molar-refractivity contribution in [3.05, 3.63) is 12.2 Å². The summed E-state index contributed by atoms with van der Waals surface area (Å²) in [6.07, 6.45) is 0.702. The molecule has 20 heavy (non-hydrogen) atoms. The molecule has 1 atom stereocenters. The monoisotopic (exact) mass is 281 g/mol. The molecular formula is C11H15N5O4. The van der Waals surface area contributed by atoms with Crippen molar-refractivity contribution in [1.82, 2.24) is 24.6 Å². The highest BCUT2D eigenvalue weighted by atomic mass is 16.5. The van der Waals surface area contributed by atoms with E-state index in [1.165, 1.54) is 4.90 Å². The fourth-order valence-corrected chi connectivity index (χ4v) is 2.40. The number of urea groups is 1. The van der Waals surface area contributed by atoms with Gasteiger partial charge in [0.1, 0.15) is 6.33 Å². The fraction of sp³-hybridized carbons (Fsp3) is 0.636. The molecule has 0 spiro atoms. The van der Waals surface area contributed by atoms with Gasteiger partial charge < -0.3 is 24.2 Å². The first kappa shape index (κ1) is 12.9. The summed E-state index contributed by atoms with van der Waals surface area (Å²) >= 11 is 0. The number of carboxylic acid groups (broad SMARTS) is 1. The van der Waals surface area contributed by atoms with Gasteiger partial charge in [-0.3, -0.25) is 0 Å². The van der Waals surface area contributed by atoms with E-state index in [1.807, 2.05) is 4.57 Å². The number of carbonyl (C=O) groups is 2. The molecule has 1 N–H and O–H groups in total. The number of hydrogen-bond donors (Lipinski definition) is 1. The van der Waals surface area contributed by atoms with Crippen molar-refractivity contribution in [3.63, 3.8) is 0 Å². The zero-order valence-corrected chi connectivity index (χ0v) is 10.8. The first-order valence-corrected chi connectivity index (χ1v) is 6.40. The van der Waals surface area contributed by atoms with Crippen LogP contribution in [0.25, 0.3) is 0 Å². The Kier molecular flexibility index (Phi) is 3.26. The van der Waals surface area contributed by atoms with Gasteiger partial charge in [-0.25, -0.2) is 9.59 Å². The number of morpholine rings is 1. The normalized spacial score (nSPS) is 22.5. The molecule has 1 unspecified atom stereocenters. The van der Waals surface area contributed by atoms with Crippen LogP contribution in [0.4, 0.5) is 4.79 Å². The van der Waals surface area contributed by atoms with Crippen molar-refractivity contribution < 1.29 is 19.4 Å². The maximum Gasteiger partial charge on any atom is 0.334 e. The lowest BCUT2D eigenvalue weighted by Gasteiger charge is -2.36. The van der Waals surface area contributed by atoms with E-state index in [1.54, 1.807) is 11.2 Å². The van der Waals surface area contributed by atoms with E-state index >= 15 is 0 Å². The van der Waals surface area contributed by atoms with Crippen LogP contribution in [0.1, 0.15) is 5.82 Å². The van der Waals surface area contributed by atoms with Crippen molar-refractivity contribution in [2.24, 2.45) is 0 Å². The quantitative estimate of drug-likeness (QED) is 0.708. The Morgan fingerprint density at radius 1 is 1.30 bits per heavy atom. The van der Waals surface area contributed by atoms with Crippen LogP contribution in [0.2, 0.25) is 0 Å². The zero-order chi connectivity index (χ0) is 14.1. The number of ether oxygens (including phenoxy) is 1. The second kappa shape index (κ2) is 5.08. The minimum Gasteiger partial charge on any atom is -0.479 e. The lowest BCUT2D eigenvalue weighted by Crippen LogP contribution is -2.54. The van der Waals surface area contributed by atoms with Crippen molar-refractivity contribution in [1.29, 1.82) is 0 Å². The summed E-state index contributed by atoms with van der Waals surface area (Å²) in [5.41, 5.74) is 0. The molecule has 0 bridgehead atoms. The number of amides is 2. The lowest BCUT2D eigenvalue weighted by molar-refractivity contribution is -0.154. The highest BCUT2D eigenvalue weighted by Gasteiger charge is 2.32. The van der Waals surface area contributed by atoms with E-state index in [9.17, 15) is 9.59 Å². The van der Waals surface area contributed by atoms with E-state index < -0.39 is 12.1 Å². The summed E-state index contributed by atoms with van der Waals surface area (Å²) in [7, 11) is 0. The van der Waals surface area contributed by atoms with Crippen LogP contribution < -0.4 is 0 Å². The van der Waals surface area contributed by atoms with Gasteiger partial charge in [0, 0.05) is 19.6 Å². The Balaban J connectivity index is 1.66. The van der Waals surface area contributed by atoms with E-state index in [-0.39, 0.29) is 19.2 Å². The van der Waals surface area contributed by atoms with Gasteiger partial charge in [-0.05, 0) is 0 Å². The van der Waals surface area contributed by atoms with Crippen LogP contribution in [0.5, 0.6) is 0 Å². The minimum absolute atomic E-state index is 0.0807. The van der Waals surface area contributed by atoms with Crippen LogP contribution in [0, 0.1) is 0 Å². The third kappa shape index (κ3) is 2.31. The molecule has 1 aromatic heterocycles. The highest BCUT2D eigenvalue weighted by Crippen LogP contribution is 2.14. The number of fused-ring (bicyclic) bond motifs is 1. The molecular weight excluding hydrogens is 266 g/mol. The second-order valence-electron chi connectivity index (χ2n) is 4.79. The molecule has 0 aromatic carbocycles. The fourth-order valence-electron chi connectivity index (χ4n) is 2.40. The molecule has 3 rings (SSSR count). The summed E-state index contributed by atoms with van der Waals surface area (Å²) < 4.78 is 7.02. The average molecular weight is 281 g/mol. The summed E-state index contributed by atoms with van der Waals surface area (Å²) in [6.45, 7) is 2.35. The van der Waals surface area contributed by atoms with Crippen molar-refractivity contribution in [3.8, 4) is 0 Å².